The van der Waals surface area contributed by atoms with E-state index in [0.717, 1.165) is 6.54 Å². The minimum atomic E-state index is -3.79. The Balaban J connectivity index is 0.00000169. The first kappa shape index (κ1) is 13.2. The van der Waals surface area contributed by atoms with E-state index < -0.39 is 10.1 Å². The first-order valence-corrected chi connectivity index (χ1v) is 5.71. The maximum atomic E-state index is 10.4. The van der Waals surface area contributed by atoms with Crippen LogP contribution in [0.1, 0.15) is 6.42 Å². The molecular weight excluding hydrogens is 206 g/mol. The summed E-state index contributed by atoms with van der Waals surface area (Å²) in [7, 11) is -3.79. The largest absolute Gasteiger partial charge is 0.412 e. The summed E-state index contributed by atoms with van der Waals surface area (Å²) in [5.41, 5.74) is 0. The molecule has 1 aliphatic heterocycles. The summed E-state index contributed by atoms with van der Waals surface area (Å²) < 4.78 is 29.2. The monoisotopic (exact) mass is 221 g/mol. The molecule has 0 spiro atoms. The van der Waals surface area contributed by atoms with Crippen LogP contribution in [0, 0.1) is 0 Å². The van der Waals surface area contributed by atoms with E-state index in [9.17, 15) is 8.42 Å². The second-order valence-electron chi connectivity index (χ2n) is 2.90. The van der Waals surface area contributed by atoms with Gasteiger partial charge in [0.2, 0.25) is 0 Å². The van der Waals surface area contributed by atoms with Gasteiger partial charge in [-0.25, -0.2) is 0 Å². The second-order valence-corrected chi connectivity index (χ2v) is 4.48. The SMILES string of the molecule is O.O=S(=O)(O)CCCN1C=CC=CC1. The summed E-state index contributed by atoms with van der Waals surface area (Å²) in [4.78, 5) is 1.99. The molecule has 5 nitrogen and oxygen atoms in total. The summed E-state index contributed by atoms with van der Waals surface area (Å²) in [5.74, 6) is -0.166. The molecule has 0 aromatic rings. The third-order valence-corrected chi connectivity index (χ3v) is 2.54. The van der Waals surface area contributed by atoms with Gasteiger partial charge in [0.05, 0.1) is 5.75 Å². The summed E-state index contributed by atoms with van der Waals surface area (Å²) in [6.07, 6.45) is 8.20. The number of hydrogen-bond acceptors (Lipinski definition) is 3. The molecule has 0 unspecified atom stereocenters. The fourth-order valence-electron chi connectivity index (χ4n) is 1.12. The van der Waals surface area contributed by atoms with Crippen LogP contribution in [0.2, 0.25) is 0 Å². The molecule has 3 N–H and O–H groups in total. The summed E-state index contributed by atoms with van der Waals surface area (Å²) in [6.45, 7) is 1.46. The van der Waals surface area contributed by atoms with Crippen molar-refractivity contribution in [2.24, 2.45) is 0 Å². The van der Waals surface area contributed by atoms with E-state index in [1.807, 2.05) is 29.3 Å². The van der Waals surface area contributed by atoms with E-state index in [1.165, 1.54) is 0 Å². The fourth-order valence-corrected chi connectivity index (χ4v) is 1.62. The Morgan fingerprint density at radius 3 is 2.57 bits per heavy atom. The van der Waals surface area contributed by atoms with Gasteiger partial charge in [0.1, 0.15) is 0 Å². The molecule has 0 bridgehead atoms. The van der Waals surface area contributed by atoms with Gasteiger partial charge in [-0.15, -0.1) is 0 Å². The summed E-state index contributed by atoms with van der Waals surface area (Å²) >= 11 is 0. The van der Waals surface area contributed by atoms with E-state index >= 15 is 0 Å². The van der Waals surface area contributed by atoms with Crippen LogP contribution in [-0.2, 0) is 10.1 Å². The molecule has 1 heterocycles. The van der Waals surface area contributed by atoms with Crippen molar-refractivity contribution in [3.05, 3.63) is 24.4 Å². The smallest absolute Gasteiger partial charge is 0.264 e. The average molecular weight is 221 g/mol. The van der Waals surface area contributed by atoms with E-state index in [2.05, 4.69) is 0 Å². The molecule has 0 saturated heterocycles. The molecule has 0 radical (unpaired) electrons. The molecular formula is C8H15NO4S. The van der Waals surface area contributed by atoms with Crippen molar-refractivity contribution in [3.8, 4) is 0 Å². The van der Waals surface area contributed by atoms with Gasteiger partial charge in [0, 0.05) is 13.1 Å². The van der Waals surface area contributed by atoms with Gasteiger partial charge in [-0.3, -0.25) is 4.55 Å². The standard InChI is InChI=1S/C8H13NO3S.H2O/c10-13(11,12)8-4-7-9-5-2-1-3-6-9;/h1-3,5H,4,6-8H2,(H,10,11,12);1H2. The normalized spacial score (nSPS) is 15.4. The van der Waals surface area contributed by atoms with Crippen molar-refractivity contribution in [3.63, 3.8) is 0 Å². The second kappa shape index (κ2) is 5.79. The van der Waals surface area contributed by atoms with Crippen molar-refractivity contribution in [1.82, 2.24) is 4.90 Å². The van der Waals surface area contributed by atoms with Crippen LogP contribution in [-0.4, -0.2) is 42.2 Å². The highest BCUT2D eigenvalue weighted by atomic mass is 32.2. The summed E-state index contributed by atoms with van der Waals surface area (Å²) in [6, 6.07) is 0. The van der Waals surface area contributed by atoms with Gasteiger partial charge < -0.3 is 10.4 Å². The van der Waals surface area contributed by atoms with Crippen LogP contribution < -0.4 is 0 Å². The molecule has 0 saturated carbocycles. The lowest BCUT2D eigenvalue weighted by molar-refractivity contribution is 0.406. The molecule has 14 heavy (non-hydrogen) atoms. The topological polar surface area (TPSA) is 89.1 Å². The Morgan fingerprint density at radius 1 is 1.36 bits per heavy atom. The molecule has 0 atom stereocenters. The highest BCUT2D eigenvalue weighted by Crippen LogP contribution is 2.00. The third-order valence-electron chi connectivity index (χ3n) is 1.73. The van der Waals surface area contributed by atoms with Crippen molar-refractivity contribution in [1.29, 1.82) is 0 Å². The Labute approximate surface area is 83.8 Å². The highest BCUT2D eigenvalue weighted by Gasteiger charge is 2.05. The Morgan fingerprint density at radius 2 is 2.07 bits per heavy atom. The quantitative estimate of drug-likeness (QED) is 0.667. The molecule has 0 fully saturated rings. The molecule has 0 aromatic heterocycles. The van der Waals surface area contributed by atoms with Gasteiger partial charge in [0.25, 0.3) is 10.1 Å². The Kier molecular flexibility index (Phi) is 5.44. The number of hydrogen-bond donors (Lipinski definition) is 1. The predicted octanol–water partition coefficient (Wildman–Crippen LogP) is -0.175. The van der Waals surface area contributed by atoms with Gasteiger partial charge in [-0.2, -0.15) is 8.42 Å². The Bertz CT molecular complexity index is 307. The van der Waals surface area contributed by atoms with Crippen LogP contribution >= 0.6 is 0 Å². The van der Waals surface area contributed by atoms with Gasteiger partial charge in [0.15, 0.2) is 0 Å². The molecule has 82 valence electrons. The van der Waals surface area contributed by atoms with Crippen molar-refractivity contribution < 1.29 is 18.4 Å². The molecule has 1 rings (SSSR count). The number of rotatable bonds is 4. The molecule has 0 aromatic carbocycles. The predicted molar refractivity (Wildman–Crippen MR) is 54.5 cm³/mol. The van der Waals surface area contributed by atoms with Crippen LogP contribution in [0.3, 0.4) is 0 Å². The van der Waals surface area contributed by atoms with Crippen LogP contribution in [0.4, 0.5) is 0 Å². The lowest BCUT2D eigenvalue weighted by Gasteiger charge is -2.19. The number of nitrogens with zero attached hydrogens (tertiary/aromatic N) is 1. The lowest BCUT2D eigenvalue weighted by atomic mass is 10.3. The maximum absolute atomic E-state index is 10.4. The first-order valence-electron chi connectivity index (χ1n) is 4.10. The number of allylic oxidation sites excluding steroid dienone is 2. The maximum Gasteiger partial charge on any atom is 0.264 e. The minimum absolute atomic E-state index is 0. The molecule has 6 heteroatoms. The third kappa shape index (κ3) is 5.74. The zero-order chi connectivity index (χ0) is 9.73. The highest BCUT2D eigenvalue weighted by molar-refractivity contribution is 7.85. The van der Waals surface area contributed by atoms with Crippen LogP contribution in [0.5, 0.6) is 0 Å². The van der Waals surface area contributed by atoms with E-state index in [-0.39, 0.29) is 11.2 Å². The van der Waals surface area contributed by atoms with Gasteiger partial charge in [-0.05, 0) is 18.7 Å². The van der Waals surface area contributed by atoms with E-state index in [0.29, 0.717) is 13.0 Å². The average Bonchev–Trinajstić information content (AvgIpc) is 2.04. The minimum Gasteiger partial charge on any atom is -0.412 e. The van der Waals surface area contributed by atoms with E-state index in [4.69, 9.17) is 4.55 Å². The van der Waals surface area contributed by atoms with Gasteiger partial charge >= 0.3 is 0 Å². The van der Waals surface area contributed by atoms with E-state index in [1.54, 1.807) is 0 Å². The zero-order valence-corrected chi connectivity index (χ0v) is 8.57. The van der Waals surface area contributed by atoms with Crippen molar-refractivity contribution in [2.45, 2.75) is 6.42 Å². The first-order chi connectivity index (χ1) is 6.08. The van der Waals surface area contributed by atoms with Crippen LogP contribution in [0.15, 0.2) is 24.4 Å². The van der Waals surface area contributed by atoms with Crippen molar-refractivity contribution >= 4 is 10.1 Å². The molecule has 0 aliphatic carbocycles. The molecule has 0 amide bonds. The zero-order valence-electron chi connectivity index (χ0n) is 7.76. The van der Waals surface area contributed by atoms with Crippen molar-refractivity contribution in [2.75, 3.05) is 18.8 Å². The van der Waals surface area contributed by atoms with Crippen LogP contribution in [0.25, 0.3) is 0 Å². The fraction of sp³-hybridized carbons (Fsp3) is 0.500. The van der Waals surface area contributed by atoms with Gasteiger partial charge in [-0.1, -0.05) is 12.2 Å². The Hall–Kier alpha value is -0.850. The summed E-state index contributed by atoms with van der Waals surface area (Å²) in [5, 5.41) is 0. The lowest BCUT2D eigenvalue weighted by Crippen LogP contribution is -2.22. The molecule has 1 aliphatic rings.